The SMILES string of the molecule is C#CCC(Nc1ncnc(C)c1F)C(=O)O. The topological polar surface area (TPSA) is 75.1 Å². The van der Waals surface area contributed by atoms with Crippen molar-refractivity contribution in [2.24, 2.45) is 0 Å². The molecule has 1 atom stereocenters. The van der Waals surface area contributed by atoms with Crippen molar-refractivity contribution in [3.05, 3.63) is 17.8 Å². The number of aromatic nitrogens is 2. The molecule has 0 aliphatic rings. The number of anilines is 1. The molecule has 0 bridgehead atoms. The molecule has 0 spiro atoms. The summed E-state index contributed by atoms with van der Waals surface area (Å²) < 4.78 is 13.4. The van der Waals surface area contributed by atoms with Crippen LogP contribution in [-0.2, 0) is 4.79 Å². The van der Waals surface area contributed by atoms with Crippen molar-refractivity contribution in [3.63, 3.8) is 0 Å². The first-order chi connectivity index (χ1) is 7.56. The van der Waals surface area contributed by atoms with E-state index in [2.05, 4.69) is 21.2 Å². The van der Waals surface area contributed by atoms with Crippen LogP contribution in [0.2, 0.25) is 0 Å². The largest absolute Gasteiger partial charge is 0.480 e. The van der Waals surface area contributed by atoms with Crippen LogP contribution in [0.4, 0.5) is 10.2 Å². The zero-order valence-electron chi connectivity index (χ0n) is 8.57. The molecule has 16 heavy (non-hydrogen) atoms. The highest BCUT2D eigenvalue weighted by atomic mass is 19.1. The highest BCUT2D eigenvalue weighted by molar-refractivity contribution is 5.77. The van der Waals surface area contributed by atoms with Crippen LogP contribution in [0.5, 0.6) is 0 Å². The Labute approximate surface area is 91.7 Å². The second-order valence-electron chi connectivity index (χ2n) is 3.07. The molecule has 2 N–H and O–H groups in total. The van der Waals surface area contributed by atoms with Gasteiger partial charge in [0.25, 0.3) is 0 Å². The summed E-state index contributed by atoms with van der Waals surface area (Å²) in [6, 6.07) is -1.06. The zero-order chi connectivity index (χ0) is 12.1. The monoisotopic (exact) mass is 223 g/mol. The van der Waals surface area contributed by atoms with E-state index in [-0.39, 0.29) is 17.9 Å². The van der Waals surface area contributed by atoms with Crippen molar-refractivity contribution in [1.82, 2.24) is 9.97 Å². The van der Waals surface area contributed by atoms with E-state index < -0.39 is 17.8 Å². The van der Waals surface area contributed by atoms with Gasteiger partial charge in [-0.2, -0.15) is 0 Å². The molecular weight excluding hydrogens is 213 g/mol. The molecule has 0 aromatic carbocycles. The van der Waals surface area contributed by atoms with Gasteiger partial charge in [-0.1, -0.05) is 0 Å². The fourth-order valence-electron chi connectivity index (χ4n) is 1.04. The van der Waals surface area contributed by atoms with E-state index in [0.29, 0.717) is 0 Å². The normalized spacial score (nSPS) is 11.6. The third-order valence-corrected chi connectivity index (χ3v) is 1.89. The third kappa shape index (κ3) is 2.67. The minimum atomic E-state index is -1.16. The van der Waals surface area contributed by atoms with E-state index >= 15 is 0 Å². The van der Waals surface area contributed by atoms with Gasteiger partial charge >= 0.3 is 5.97 Å². The van der Waals surface area contributed by atoms with E-state index in [4.69, 9.17) is 11.5 Å². The smallest absolute Gasteiger partial charge is 0.327 e. The van der Waals surface area contributed by atoms with Crippen molar-refractivity contribution in [2.75, 3.05) is 5.32 Å². The predicted octanol–water partition coefficient (Wildman–Crippen LogP) is 0.813. The number of hydrogen-bond acceptors (Lipinski definition) is 4. The van der Waals surface area contributed by atoms with Crippen LogP contribution >= 0.6 is 0 Å². The van der Waals surface area contributed by atoms with Gasteiger partial charge in [0, 0.05) is 6.42 Å². The summed E-state index contributed by atoms with van der Waals surface area (Å²) in [5.41, 5.74) is 0.141. The first-order valence-electron chi connectivity index (χ1n) is 4.46. The zero-order valence-corrected chi connectivity index (χ0v) is 8.57. The summed E-state index contributed by atoms with van der Waals surface area (Å²) in [5, 5.41) is 11.2. The summed E-state index contributed by atoms with van der Waals surface area (Å²) in [6.07, 6.45) is 6.10. The van der Waals surface area contributed by atoms with Crippen molar-refractivity contribution in [2.45, 2.75) is 19.4 Å². The van der Waals surface area contributed by atoms with Gasteiger partial charge < -0.3 is 10.4 Å². The lowest BCUT2D eigenvalue weighted by Crippen LogP contribution is -2.29. The van der Waals surface area contributed by atoms with Gasteiger partial charge in [-0.3, -0.25) is 0 Å². The van der Waals surface area contributed by atoms with E-state index in [1.165, 1.54) is 6.92 Å². The van der Waals surface area contributed by atoms with Crippen molar-refractivity contribution >= 4 is 11.8 Å². The molecule has 84 valence electrons. The Morgan fingerprint density at radius 1 is 1.75 bits per heavy atom. The van der Waals surface area contributed by atoms with Crippen LogP contribution in [0.25, 0.3) is 0 Å². The summed E-state index contributed by atoms with van der Waals surface area (Å²) in [5.74, 6) is 0.203. The summed E-state index contributed by atoms with van der Waals surface area (Å²) in [6.45, 7) is 1.46. The molecule has 1 aromatic heterocycles. The first-order valence-corrected chi connectivity index (χ1v) is 4.46. The van der Waals surface area contributed by atoms with Crippen molar-refractivity contribution < 1.29 is 14.3 Å². The number of carboxylic acids is 1. The molecule has 0 amide bonds. The maximum Gasteiger partial charge on any atom is 0.327 e. The van der Waals surface area contributed by atoms with Crippen LogP contribution in [0.1, 0.15) is 12.1 Å². The molecule has 0 aliphatic carbocycles. The Morgan fingerprint density at radius 2 is 2.44 bits per heavy atom. The standard InChI is InChI=1S/C10H10FN3O2/c1-3-4-7(10(15)16)14-9-8(11)6(2)12-5-13-9/h1,5,7H,4H2,2H3,(H,15,16)(H,12,13,14). The highest BCUT2D eigenvalue weighted by Gasteiger charge is 2.19. The fourth-order valence-corrected chi connectivity index (χ4v) is 1.04. The lowest BCUT2D eigenvalue weighted by Gasteiger charge is -2.12. The minimum Gasteiger partial charge on any atom is -0.480 e. The summed E-state index contributed by atoms with van der Waals surface area (Å²) >= 11 is 0. The molecule has 1 unspecified atom stereocenters. The highest BCUT2D eigenvalue weighted by Crippen LogP contribution is 2.13. The Balaban J connectivity index is 2.90. The van der Waals surface area contributed by atoms with Crippen LogP contribution in [-0.4, -0.2) is 27.1 Å². The Bertz CT molecular complexity index is 442. The maximum absolute atomic E-state index is 13.4. The van der Waals surface area contributed by atoms with Gasteiger partial charge in [-0.25, -0.2) is 19.2 Å². The molecule has 1 aromatic rings. The number of aryl methyl sites for hydroxylation is 1. The number of carbonyl (C=O) groups is 1. The summed E-state index contributed by atoms with van der Waals surface area (Å²) in [7, 11) is 0. The lowest BCUT2D eigenvalue weighted by molar-refractivity contribution is -0.137. The molecule has 0 fully saturated rings. The van der Waals surface area contributed by atoms with Crippen LogP contribution in [0.3, 0.4) is 0 Å². The minimum absolute atomic E-state index is 0.0577. The van der Waals surface area contributed by atoms with Gasteiger partial charge in [0.2, 0.25) is 0 Å². The van der Waals surface area contributed by atoms with Crippen LogP contribution < -0.4 is 5.32 Å². The number of nitrogens with zero attached hydrogens (tertiary/aromatic N) is 2. The number of rotatable bonds is 4. The Morgan fingerprint density at radius 3 is 3.00 bits per heavy atom. The van der Waals surface area contributed by atoms with E-state index in [9.17, 15) is 9.18 Å². The van der Waals surface area contributed by atoms with E-state index in [1.807, 2.05) is 0 Å². The van der Waals surface area contributed by atoms with E-state index in [0.717, 1.165) is 6.33 Å². The number of terminal acetylenes is 1. The molecule has 0 aliphatic heterocycles. The lowest BCUT2D eigenvalue weighted by atomic mass is 10.2. The Hall–Kier alpha value is -2.16. The first kappa shape index (κ1) is 11.9. The number of hydrogen-bond donors (Lipinski definition) is 2. The molecule has 0 saturated heterocycles. The maximum atomic E-state index is 13.4. The number of aliphatic carboxylic acids is 1. The van der Waals surface area contributed by atoms with Gasteiger partial charge in [-0.15, -0.1) is 12.3 Å². The van der Waals surface area contributed by atoms with Gasteiger partial charge in [0.05, 0.1) is 5.69 Å². The molecule has 5 nitrogen and oxygen atoms in total. The predicted molar refractivity (Wildman–Crippen MR) is 55.2 cm³/mol. The van der Waals surface area contributed by atoms with Crippen molar-refractivity contribution in [3.8, 4) is 12.3 Å². The van der Waals surface area contributed by atoms with E-state index in [1.54, 1.807) is 0 Å². The van der Waals surface area contributed by atoms with Gasteiger partial charge in [0.1, 0.15) is 12.4 Å². The fraction of sp³-hybridized carbons (Fsp3) is 0.300. The molecule has 0 saturated carbocycles. The summed E-state index contributed by atoms with van der Waals surface area (Å²) in [4.78, 5) is 18.0. The Kier molecular flexibility index (Phi) is 3.78. The third-order valence-electron chi connectivity index (χ3n) is 1.89. The number of halogens is 1. The number of carboxylic acid groups (broad SMARTS) is 1. The van der Waals surface area contributed by atoms with Crippen molar-refractivity contribution in [1.29, 1.82) is 0 Å². The second kappa shape index (κ2) is 5.07. The molecule has 1 rings (SSSR count). The van der Waals surface area contributed by atoms with Crippen LogP contribution in [0, 0.1) is 25.1 Å². The van der Waals surface area contributed by atoms with Gasteiger partial charge in [-0.05, 0) is 6.92 Å². The average Bonchev–Trinajstić information content (AvgIpc) is 2.23. The van der Waals surface area contributed by atoms with Crippen LogP contribution in [0.15, 0.2) is 6.33 Å². The quantitative estimate of drug-likeness (QED) is 0.739. The average molecular weight is 223 g/mol. The molecular formula is C10H10FN3O2. The molecule has 1 heterocycles. The second-order valence-corrected chi connectivity index (χ2v) is 3.07. The molecule has 0 radical (unpaired) electrons. The number of nitrogens with one attached hydrogen (secondary N) is 1. The molecule has 6 heteroatoms. The van der Waals surface area contributed by atoms with Gasteiger partial charge in [0.15, 0.2) is 11.6 Å².